The van der Waals surface area contributed by atoms with Crippen molar-refractivity contribution in [3.63, 3.8) is 0 Å². The standard InChI is InChI=1S/C21H23FN4O/c1-15-3-5-17(6-4-15)21-24-23-20(27-21)16(2)25-11-13-26(14-12-25)19-9-7-18(22)8-10-19/h3-10,16H,11-14H2,1-2H3/t16-/m1/s1. The summed E-state index contributed by atoms with van der Waals surface area (Å²) in [7, 11) is 0. The maximum atomic E-state index is 13.1. The minimum atomic E-state index is -0.202. The number of benzene rings is 2. The Kier molecular flexibility index (Phi) is 4.90. The van der Waals surface area contributed by atoms with Crippen molar-refractivity contribution in [2.24, 2.45) is 0 Å². The third-order valence-electron chi connectivity index (χ3n) is 5.15. The van der Waals surface area contributed by atoms with E-state index < -0.39 is 0 Å². The van der Waals surface area contributed by atoms with Crippen LogP contribution in [-0.4, -0.2) is 41.3 Å². The van der Waals surface area contributed by atoms with E-state index in [0.717, 1.165) is 37.4 Å². The topological polar surface area (TPSA) is 45.4 Å². The highest BCUT2D eigenvalue weighted by molar-refractivity contribution is 5.52. The van der Waals surface area contributed by atoms with Crippen LogP contribution < -0.4 is 4.90 Å². The number of hydrogen-bond acceptors (Lipinski definition) is 5. The molecular weight excluding hydrogens is 343 g/mol. The van der Waals surface area contributed by atoms with Gasteiger partial charge in [-0.25, -0.2) is 4.39 Å². The smallest absolute Gasteiger partial charge is 0.247 e. The number of halogens is 1. The van der Waals surface area contributed by atoms with Crippen LogP contribution in [0.2, 0.25) is 0 Å². The van der Waals surface area contributed by atoms with Crippen molar-refractivity contribution in [2.75, 3.05) is 31.1 Å². The van der Waals surface area contributed by atoms with Gasteiger partial charge in [0, 0.05) is 37.4 Å². The largest absolute Gasteiger partial charge is 0.419 e. The highest BCUT2D eigenvalue weighted by atomic mass is 19.1. The summed E-state index contributed by atoms with van der Waals surface area (Å²) < 4.78 is 19.0. The highest BCUT2D eigenvalue weighted by Crippen LogP contribution is 2.26. The molecule has 1 fully saturated rings. The molecule has 0 spiro atoms. The molecule has 0 amide bonds. The van der Waals surface area contributed by atoms with Crippen molar-refractivity contribution in [1.82, 2.24) is 15.1 Å². The van der Waals surface area contributed by atoms with Crippen LogP contribution in [0, 0.1) is 12.7 Å². The Morgan fingerprint density at radius 3 is 2.26 bits per heavy atom. The molecule has 0 bridgehead atoms. The molecule has 1 atom stereocenters. The van der Waals surface area contributed by atoms with E-state index in [2.05, 4.69) is 33.8 Å². The molecule has 140 valence electrons. The maximum absolute atomic E-state index is 13.1. The molecule has 4 rings (SSSR count). The van der Waals surface area contributed by atoms with Crippen LogP contribution in [0.15, 0.2) is 52.9 Å². The first-order valence-electron chi connectivity index (χ1n) is 9.25. The molecule has 27 heavy (non-hydrogen) atoms. The quantitative estimate of drug-likeness (QED) is 0.697. The van der Waals surface area contributed by atoms with Crippen molar-refractivity contribution in [1.29, 1.82) is 0 Å². The molecule has 0 saturated carbocycles. The number of hydrogen-bond donors (Lipinski definition) is 0. The van der Waals surface area contributed by atoms with E-state index in [4.69, 9.17) is 4.42 Å². The molecule has 0 unspecified atom stereocenters. The average molecular weight is 366 g/mol. The van der Waals surface area contributed by atoms with Gasteiger partial charge in [-0.1, -0.05) is 17.7 Å². The van der Waals surface area contributed by atoms with Gasteiger partial charge >= 0.3 is 0 Å². The summed E-state index contributed by atoms with van der Waals surface area (Å²) in [6, 6.07) is 14.8. The number of aromatic nitrogens is 2. The van der Waals surface area contributed by atoms with Crippen LogP contribution in [0.5, 0.6) is 0 Å². The van der Waals surface area contributed by atoms with Crippen molar-refractivity contribution >= 4 is 5.69 Å². The fourth-order valence-electron chi connectivity index (χ4n) is 3.39. The number of nitrogens with zero attached hydrogens (tertiary/aromatic N) is 4. The van der Waals surface area contributed by atoms with Gasteiger partial charge in [0.15, 0.2) is 0 Å². The monoisotopic (exact) mass is 366 g/mol. The fraction of sp³-hybridized carbons (Fsp3) is 0.333. The zero-order chi connectivity index (χ0) is 18.8. The molecule has 1 saturated heterocycles. The van der Waals surface area contributed by atoms with Crippen LogP contribution in [0.4, 0.5) is 10.1 Å². The van der Waals surface area contributed by atoms with Crippen molar-refractivity contribution in [3.05, 3.63) is 65.8 Å². The van der Waals surface area contributed by atoms with E-state index in [1.54, 1.807) is 0 Å². The Hall–Kier alpha value is -2.73. The lowest BCUT2D eigenvalue weighted by Crippen LogP contribution is -2.47. The van der Waals surface area contributed by atoms with Gasteiger partial charge in [-0.2, -0.15) is 0 Å². The molecule has 0 aliphatic carbocycles. The van der Waals surface area contributed by atoms with Crippen LogP contribution in [0.1, 0.15) is 24.4 Å². The van der Waals surface area contributed by atoms with Crippen LogP contribution in [0.25, 0.3) is 11.5 Å². The fourth-order valence-corrected chi connectivity index (χ4v) is 3.39. The van der Waals surface area contributed by atoms with Crippen molar-refractivity contribution in [2.45, 2.75) is 19.9 Å². The Morgan fingerprint density at radius 1 is 0.926 bits per heavy atom. The summed E-state index contributed by atoms with van der Waals surface area (Å²) in [5.41, 5.74) is 3.20. The third-order valence-corrected chi connectivity index (χ3v) is 5.15. The molecule has 0 radical (unpaired) electrons. The predicted octanol–water partition coefficient (Wildman–Crippen LogP) is 4.07. The van der Waals surface area contributed by atoms with Gasteiger partial charge in [-0.3, -0.25) is 4.90 Å². The normalized spacial score (nSPS) is 16.5. The van der Waals surface area contributed by atoms with Gasteiger partial charge in [-0.15, -0.1) is 10.2 Å². The molecular formula is C21H23FN4O. The minimum absolute atomic E-state index is 0.0621. The van der Waals surface area contributed by atoms with Gasteiger partial charge in [0.1, 0.15) is 5.82 Å². The minimum Gasteiger partial charge on any atom is -0.419 e. The molecule has 0 N–H and O–H groups in total. The molecule has 1 aliphatic rings. The van der Waals surface area contributed by atoms with Crippen molar-refractivity contribution in [3.8, 4) is 11.5 Å². The maximum Gasteiger partial charge on any atom is 0.247 e. The molecule has 5 nitrogen and oxygen atoms in total. The summed E-state index contributed by atoms with van der Waals surface area (Å²) in [6.07, 6.45) is 0. The summed E-state index contributed by atoms with van der Waals surface area (Å²) in [5, 5.41) is 8.48. The second-order valence-corrected chi connectivity index (χ2v) is 6.99. The Labute approximate surface area is 158 Å². The van der Waals surface area contributed by atoms with Crippen LogP contribution in [-0.2, 0) is 0 Å². The molecule has 1 aliphatic heterocycles. The van der Waals surface area contributed by atoms with Gasteiger partial charge in [0.2, 0.25) is 11.8 Å². The predicted molar refractivity (Wildman–Crippen MR) is 103 cm³/mol. The summed E-state index contributed by atoms with van der Waals surface area (Å²) in [5.74, 6) is 0.995. The zero-order valence-electron chi connectivity index (χ0n) is 15.6. The second kappa shape index (κ2) is 7.48. The van der Waals surface area contributed by atoms with E-state index in [1.165, 1.54) is 17.7 Å². The summed E-state index contributed by atoms with van der Waals surface area (Å²) in [6.45, 7) is 7.70. The lowest BCUT2D eigenvalue weighted by Gasteiger charge is -2.38. The van der Waals surface area contributed by atoms with Crippen LogP contribution >= 0.6 is 0 Å². The average Bonchev–Trinajstić information content (AvgIpc) is 3.19. The van der Waals surface area contributed by atoms with Gasteiger partial charge < -0.3 is 9.32 Å². The molecule has 2 heterocycles. The molecule has 1 aromatic heterocycles. The number of rotatable bonds is 4. The first-order valence-corrected chi connectivity index (χ1v) is 9.25. The van der Waals surface area contributed by atoms with E-state index in [1.807, 2.05) is 36.4 Å². The Balaban J connectivity index is 1.40. The first-order chi connectivity index (χ1) is 13.1. The van der Waals surface area contributed by atoms with E-state index in [0.29, 0.717) is 11.8 Å². The van der Waals surface area contributed by atoms with Gasteiger partial charge in [0.25, 0.3) is 0 Å². The molecule has 2 aromatic carbocycles. The molecule has 3 aromatic rings. The third kappa shape index (κ3) is 3.85. The van der Waals surface area contributed by atoms with E-state index in [-0.39, 0.29) is 11.9 Å². The first kappa shape index (κ1) is 17.7. The second-order valence-electron chi connectivity index (χ2n) is 6.99. The SMILES string of the molecule is Cc1ccc(-c2nnc([C@@H](C)N3CCN(c4ccc(F)cc4)CC3)o2)cc1. The Bertz CT molecular complexity index is 883. The lowest BCUT2D eigenvalue weighted by atomic mass is 10.1. The number of aryl methyl sites for hydroxylation is 1. The number of anilines is 1. The zero-order valence-corrected chi connectivity index (χ0v) is 15.6. The van der Waals surface area contributed by atoms with Gasteiger partial charge in [-0.05, 0) is 50.2 Å². The van der Waals surface area contributed by atoms with Crippen molar-refractivity contribution < 1.29 is 8.81 Å². The molecule has 6 heteroatoms. The van der Waals surface area contributed by atoms with E-state index in [9.17, 15) is 4.39 Å². The summed E-state index contributed by atoms with van der Waals surface area (Å²) >= 11 is 0. The van der Waals surface area contributed by atoms with Crippen LogP contribution in [0.3, 0.4) is 0 Å². The number of piperazine rings is 1. The summed E-state index contributed by atoms with van der Waals surface area (Å²) in [4.78, 5) is 4.61. The van der Waals surface area contributed by atoms with Gasteiger partial charge in [0.05, 0.1) is 6.04 Å². The highest BCUT2D eigenvalue weighted by Gasteiger charge is 2.26. The Morgan fingerprint density at radius 2 is 1.59 bits per heavy atom. The van der Waals surface area contributed by atoms with E-state index >= 15 is 0 Å². The lowest BCUT2D eigenvalue weighted by molar-refractivity contribution is 0.174.